The van der Waals surface area contributed by atoms with Crippen LogP contribution in [-0.2, 0) is 11.3 Å². The average Bonchev–Trinajstić information content (AvgIpc) is 2.12. The fourth-order valence-corrected chi connectivity index (χ4v) is 1.50. The number of aryl methyl sites for hydroxylation is 1. The molecule has 66 valence electrons. The zero-order valence-corrected chi connectivity index (χ0v) is 7.76. The number of ether oxygens (including phenoxy) is 1. The van der Waals surface area contributed by atoms with Gasteiger partial charge in [0.25, 0.3) is 0 Å². The molecule has 0 aromatic heterocycles. The number of benzene rings is 1. The van der Waals surface area contributed by atoms with Crippen LogP contribution in [0.1, 0.15) is 16.7 Å². The minimum Gasteiger partial charge on any atom is -0.489 e. The number of hydrogen-bond acceptors (Lipinski definition) is 1. The highest BCUT2D eigenvalue weighted by Gasteiger charge is 2.15. The Balaban J connectivity index is 2.58. The summed E-state index contributed by atoms with van der Waals surface area (Å²) < 4.78 is 5.36. The Morgan fingerprint density at radius 1 is 1.31 bits per heavy atom. The van der Waals surface area contributed by atoms with Crippen LogP contribution in [0.2, 0.25) is 0 Å². The number of rotatable bonds is 0. The molecule has 1 aliphatic rings. The quantitative estimate of drug-likeness (QED) is 0.584. The molecule has 0 unspecified atom stereocenters. The number of allylic oxidation sites excluding steroid dienone is 1. The molecule has 1 aromatic carbocycles. The molecule has 0 radical (unpaired) electrons. The summed E-state index contributed by atoms with van der Waals surface area (Å²) in [6.07, 6.45) is 0. The van der Waals surface area contributed by atoms with Crippen molar-refractivity contribution in [3.05, 3.63) is 53.8 Å². The lowest BCUT2D eigenvalue weighted by Gasteiger charge is -2.21. The summed E-state index contributed by atoms with van der Waals surface area (Å²) in [5.41, 5.74) is 4.53. The minimum atomic E-state index is 0.619. The smallest absolute Gasteiger partial charge is 0.119 e. The summed E-state index contributed by atoms with van der Waals surface area (Å²) >= 11 is 0. The third-order valence-electron chi connectivity index (χ3n) is 2.33. The van der Waals surface area contributed by atoms with E-state index >= 15 is 0 Å². The Hall–Kier alpha value is -1.50. The van der Waals surface area contributed by atoms with Crippen molar-refractivity contribution in [1.82, 2.24) is 0 Å². The van der Waals surface area contributed by atoms with Gasteiger partial charge in [0.2, 0.25) is 0 Å². The lowest BCUT2D eigenvalue weighted by atomic mass is 9.96. The van der Waals surface area contributed by atoms with Crippen LogP contribution in [-0.4, -0.2) is 0 Å². The van der Waals surface area contributed by atoms with Gasteiger partial charge in [-0.25, -0.2) is 0 Å². The lowest BCUT2D eigenvalue weighted by Crippen LogP contribution is -2.06. The van der Waals surface area contributed by atoms with Gasteiger partial charge in [-0.3, -0.25) is 0 Å². The van der Waals surface area contributed by atoms with Crippen molar-refractivity contribution in [2.75, 3.05) is 0 Å². The van der Waals surface area contributed by atoms with Gasteiger partial charge >= 0.3 is 0 Å². The van der Waals surface area contributed by atoms with Gasteiger partial charge in [-0.2, -0.15) is 0 Å². The van der Waals surface area contributed by atoms with Crippen LogP contribution in [0.25, 0.3) is 5.57 Å². The third-order valence-corrected chi connectivity index (χ3v) is 2.33. The Morgan fingerprint density at radius 3 is 2.85 bits per heavy atom. The first kappa shape index (κ1) is 8.11. The molecule has 1 aliphatic heterocycles. The molecule has 1 nitrogen and oxygen atoms in total. The highest BCUT2D eigenvalue weighted by atomic mass is 16.5. The molecule has 0 saturated heterocycles. The molecule has 1 heteroatoms. The summed E-state index contributed by atoms with van der Waals surface area (Å²) in [4.78, 5) is 0. The minimum absolute atomic E-state index is 0.619. The highest BCUT2D eigenvalue weighted by molar-refractivity contribution is 5.78. The number of hydrogen-bond donors (Lipinski definition) is 0. The third kappa shape index (κ3) is 1.26. The molecule has 0 N–H and O–H groups in total. The summed E-state index contributed by atoms with van der Waals surface area (Å²) in [5, 5.41) is 0. The maximum Gasteiger partial charge on any atom is 0.119 e. The maximum absolute atomic E-state index is 5.36. The molecular weight excluding hydrogens is 160 g/mol. The van der Waals surface area contributed by atoms with Crippen LogP contribution >= 0.6 is 0 Å². The summed E-state index contributed by atoms with van der Waals surface area (Å²) in [5.74, 6) is 0.693. The second-order valence-corrected chi connectivity index (χ2v) is 3.35. The highest BCUT2D eigenvalue weighted by Crippen LogP contribution is 2.31. The van der Waals surface area contributed by atoms with E-state index in [4.69, 9.17) is 4.74 Å². The van der Waals surface area contributed by atoms with E-state index in [0.29, 0.717) is 12.4 Å². The normalized spacial score (nSPS) is 15.2. The molecular formula is C12H12O. The molecule has 0 amide bonds. The van der Waals surface area contributed by atoms with E-state index in [1.165, 1.54) is 16.7 Å². The zero-order valence-electron chi connectivity index (χ0n) is 7.76. The molecule has 1 heterocycles. The van der Waals surface area contributed by atoms with Crippen LogP contribution in [0.4, 0.5) is 0 Å². The lowest BCUT2D eigenvalue weighted by molar-refractivity contribution is 0.209. The maximum atomic E-state index is 5.36. The Morgan fingerprint density at radius 2 is 2.08 bits per heavy atom. The summed E-state index contributed by atoms with van der Waals surface area (Å²) in [6, 6.07) is 6.30. The van der Waals surface area contributed by atoms with E-state index in [2.05, 4.69) is 38.3 Å². The Labute approximate surface area is 78.3 Å². The molecule has 0 saturated carbocycles. The van der Waals surface area contributed by atoms with Gasteiger partial charge < -0.3 is 4.74 Å². The molecule has 1 aromatic rings. The molecule has 13 heavy (non-hydrogen) atoms. The van der Waals surface area contributed by atoms with Gasteiger partial charge in [0.15, 0.2) is 0 Å². The largest absolute Gasteiger partial charge is 0.489 e. The zero-order chi connectivity index (χ0) is 9.42. The predicted molar refractivity (Wildman–Crippen MR) is 54.1 cm³/mol. The van der Waals surface area contributed by atoms with Crippen LogP contribution in [0.15, 0.2) is 37.1 Å². The van der Waals surface area contributed by atoms with E-state index in [1.54, 1.807) is 0 Å². The first-order chi connectivity index (χ1) is 6.18. The topological polar surface area (TPSA) is 9.23 Å². The fraction of sp³-hybridized carbons (Fsp3) is 0.167. The monoisotopic (exact) mass is 172 g/mol. The van der Waals surface area contributed by atoms with E-state index in [9.17, 15) is 0 Å². The van der Waals surface area contributed by atoms with E-state index < -0.39 is 0 Å². The van der Waals surface area contributed by atoms with Crippen molar-refractivity contribution in [3.8, 4) is 0 Å². The second-order valence-electron chi connectivity index (χ2n) is 3.35. The van der Waals surface area contributed by atoms with Crippen molar-refractivity contribution < 1.29 is 4.74 Å². The van der Waals surface area contributed by atoms with Crippen LogP contribution in [0, 0.1) is 6.92 Å². The van der Waals surface area contributed by atoms with Gasteiger partial charge in [0.05, 0.1) is 0 Å². The number of fused-ring (bicyclic) bond motifs is 1. The van der Waals surface area contributed by atoms with Crippen molar-refractivity contribution in [3.63, 3.8) is 0 Å². The molecule has 0 fully saturated rings. The van der Waals surface area contributed by atoms with Crippen molar-refractivity contribution >= 4 is 5.57 Å². The molecule has 2 rings (SSSR count). The van der Waals surface area contributed by atoms with Gasteiger partial charge in [-0.1, -0.05) is 36.9 Å². The first-order valence-corrected chi connectivity index (χ1v) is 4.29. The van der Waals surface area contributed by atoms with E-state index in [0.717, 1.165) is 5.57 Å². The Kier molecular flexibility index (Phi) is 1.73. The first-order valence-electron chi connectivity index (χ1n) is 4.29. The molecule has 0 aliphatic carbocycles. The molecule has 0 spiro atoms. The fourth-order valence-electron chi connectivity index (χ4n) is 1.50. The Bertz CT molecular complexity index is 388. The van der Waals surface area contributed by atoms with Crippen LogP contribution in [0.5, 0.6) is 0 Å². The SMILES string of the molecule is C=C1OCc2ccc(C)cc2C1=C. The van der Waals surface area contributed by atoms with E-state index in [-0.39, 0.29) is 0 Å². The van der Waals surface area contributed by atoms with Crippen LogP contribution in [0.3, 0.4) is 0 Å². The molecule has 0 bridgehead atoms. The predicted octanol–water partition coefficient (Wildman–Crippen LogP) is 3.05. The van der Waals surface area contributed by atoms with Gasteiger partial charge in [0, 0.05) is 5.57 Å². The summed E-state index contributed by atoms with van der Waals surface area (Å²) in [6.45, 7) is 10.4. The molecule has 0 atom stereocenters. The van der Waals surface area contributed by atoms with Gasteiger partial charge in [-0.15, -0.1) is 0 Å². The van der Waals surface area contributed by atoms with Crippen molar-refractivity contribution in [2.45, 2.75) is 13.5 Å². The second kappa shape index (κ2) is 2.77. The average molecular weight is 172 g/mol. The van der Waals surface area contributed by atoms with Crippen LogP contribution < -0.4 is 0 Å². The van der Waals surface area contributed by atoms with Crippen molar-refractivity contribution in [1.29, 1.82) is 0 Å². The van der Waals surface area contributed by atoms with Gasteiger partial charge in [0.1, 0.15) is 12.4 Å². The van der Waals surface area contributed by atoms with Crippen molar-refractivity contribution in [2.24, 2.45) is 0 Å². The standard InChI is InChI=1S/C12H12O/c1-8-4-5-11-7-13-10(3)9(2)12(11)6-8/h4-6H,2-3,7H2,1H3. The summed E-state index contributed by atoms with van der Waals surface area (Å²) in [7, 11) is 0. The van der Waals surface area contributed by atoms with E-state index in [1.807, 2.05) is 0 Å². The van der Waals surface area contributed by atoms with Gasteiger partial charge in [-0.05, 0) is 18.1 Å².